The van der Waals surface area contributed by atoms with Crippen molar-refractivity contribution < 1.29 is 4.79 Å². The molecule has 6 heteroatoms. The summed E-state index contributed by atoms with van der Waals surface area (Å²) in [5.41, 5.74) is 2.28. The highest BCUT2D eigenvalue weighted by Crippen LogP contribution is 2.23. The summed E-state index contributed by atoms with van der Waals surface area (Å²) in [6.07, 6.45) is 1.74. The normalized spacial score (nSPS) is 10.2. The van der Waals surface area contributed by atoms with Crippen LogP contribution in [0.1, 0.15) is 15.2 Å². The molecule has 1 heterocycles. The Kier molecular flexibility index (Phi) is 4.15. The summed E-state index contributed by atoms with van der Waals surface area (Å²) in [4.78, 5) is 16.8. The van der Waals surface area contributed by atoms with Gasteiger partial charge in [0, 0.05) is 21.1 Å². The molecule has 0 aliphatic heterocycles. The van der Waals surface area contributed by atoms with Gasteiger partial charge in [-0.15, -0.1) is 11.3 Å². The van der Waals surface area contributed by atoms with Gasteiger partial charge in [0.2, 0.25) is 0 Å². The van der Waals surface area contributed by atoms with Crippen molar-refractivity contribution in [3.63, 3.8) is 0 Å². The zero-order valence-electron chi connectivity index (χ0n) is 8.61. The van der Waals surface area contributed by atoms with E-state index in [0.717, 1.165) is 9.35 Å². The number of nitrogens with one attached hydrogen (secondary N) is 1. The number of carbonyl (C=O) groups excluding carboxylic acids is 1. The van der Waals surface area contributed by atoms with E-state index < -0.39 is 0 Å². The van der Waals surface area contributed by atoms with Crippen LogP contribution in [0.3, 0.4) is 0 Å². The summed E-state index contributed by atoms with van der Waals surface area (Å²) in [5, 5.41) is 3.33. The Balaban J connectivity index is 2.02. The van der Waals surface area contributed by atoms with Crippen LogP contribution in [0.4, 0.5) is 0 Å². The van der Waals surface area contributed by atoms with Crippen LogP contribution in [-0.2, 0) is 6.54 Å². The Morgan fingerprint density at radius 1 is 1.53 bits per heavy atom. The topological polar surface area (TPSA) is 42.0 Å². The molecule has 0 atom stereocenters. The number of carbonyl (C=O) groups is 1. The largest absolute Gasteiger partial charge is 0.347 e. The third-order valence-electron chi connectivity index (χ3n) is 2.09. The molecule has 0 radical (unpaired) electrons. The highest BCUT2D eigenvalue weighted by molar-refractivity contribution is 9.10. The van der Waals surface area contributed by atoms with Gasteiger partial charge in [0.05, 0.1) is 17.1 Å². The summed E-state index contributed by atoms with van der Waals surface area (Å²) in [6, 6.07) is 5.11. The Morgan fingerprint density at radius 2 is 2.35 bits per heavy atom. The zero-order chi connectivity index (χ0) is 12.3. The summed E-state index contributed by atoms with van der Waals surface area (Å²) in [5.74, 6) is -0.146. The predicted octanol–water partition coefficient (Wildman–Crippen LogP) is 3.49. The van der Waals surface area contributed by atoms with Gasteiger partial charge in [-0.25, -0.2) is 0 Å². The van der Waals surface area contributed by atoms with Gasteiger partial charge in [-0.1, -0.05) is 11.6 Å². The molecule has 1 N–H and O–H groups in total. The van der Waals surface area contributed by atoms with Gasteiger partial charge in [0.15, 0.2) is 0 Å². The second-order valence-electron chi connectivity index (χ2n) is 3.28. The molecule has 0 aliphatic rings. The molecule has 2 rings (SSSR count). The Labute approximate surface area is 116 Å². The number of halogens is 2. The van der Waals surface area contributed by atoms with Crippen molar-refractivity contribution in [3.8, 4) is 0 Å². The minimum atomic E-state index is -0.146. The smallest absolute Gasteiger partial charge is 0.251 e. The van der Waals surface area contributed by atoms with Crippen LogP contribution in [0.5, 0.6) is 0 Å². The third-order valence-corrected chi connectivity index (χ3v) is 4.10. The molecule has 17 heavy (non-hydrogen) atoms. The second-order valence-corrected chi connectivity index (χ2v) is 5.51. The molecule has 88 valence electrons. The number of hydrogen-bond donors (Lipinski definition) is 1. The Morgan fingerprint density at radius 3 is 3.00 bits per heavy atom. The fraction of sp³-hybridized carbons (Fsp3) is 0.0909. The van der Waals surface area contributed by atoms with Crippen molar-refractivity contribution in [2.75, 3.05) is 0 Å². The highest BCUT2D eigenvalue weighted by atomic mass is 79.9. The lowest BCUT2D eigenvalue weighted by molar-refractivity contribution is 0.0951. The number of hydrogen-bond acceptors (Lipinski definition) is 3. The predicted molar refractivity (Wildman–Crippen MR) is 72.4 cm³/mol. The van der Waals surface area contributed by atoms with Crippen LogP contribution in [-0.4, -0.2) is 10.9 Å². The molecule has 0 fully saturated rings. The molecule has 0 saturated carbocycles. The quantitative estimate of drug-likeness (QED) is 0.935. The highest BCUT2D eigenvalue weighted by Gasteiger charge is 2.07. The fourth-order valence-electron chi connectivity index (χ4n) is 1.24. The lowest BCUT2D eigenvalue weighted by Gasteiger charge is -2.04. The van der Waals surface area contributed by atoms with Crippen LogP contribution >= 0.6 is 38.9 Å². The average molecular weight is 332 g/mol. The molecule has 1 amide bonds. The molecular formula is C11H8BrClN2OS. The van der Waals surface area contributed by atoms with Crippen molar-refractivity contribution in [1.29, 1.82) is 0 Å². The van der Waals surface area contributed by atoms with Crippen LogP contribution in [0.15, 0.2) is 34.4 Å². The van der Waals surface area contributed by atoms with Gasteiger partial charge >= 0.3 is 0 Å². The molecule has 1 aromatic carbocycles. The first-order valence-electron chi connectivity index (χ1n) is 4.77. The number of rotatable bonds is 3. The van der Waals surface area contributed by atoms with Gasteiger partial charge < -0.3 is 5.32 Å². The van der Waals surface area contributed by atoms with Crippen molar-refractivity contribution in [2.45, 2.75) is 6.54 Å². The van der Waals surface area contributed by atoms with Crippen LogP contribution in [0.25, 0.3) is 0 Å². The minimum Gasteiger partial charge on any atom is -0.347 e. The Bertz CT molecular complexity index is 530. The van der Waals surface area contributed by atoms with Gasteiger partial charge in [-0.05, 0) is 34.1 Å². The number of amides is 1. The lowest BCUT2D eigenvalue weighted by atomic mass is 10.2. The van der Waals surface area contributed by atoms with Crippen LogP contribution < -0.4 is 5.32 Å². The van der Waals surface area contributed by atoms with Crippen LogP contribution in [0.2, 0.25) is 5.02 Å². The van der Waals surface area contributed by atoms with Gasteiger partial charge in [-0.3, -0.25) is 9.78 Å². The van der Waals surface area contributed by atoms with Gasteiger partial charge in [0.25, 0.3) is 5.91 Å². The minimum absolute atomic E-state index is 0.146. The molecule has 0 saturated heterocycles. The Hall–Kier alpha value is -0.910. The number of thiazole rings is 1. The van der Waals surface area contributed by atoms with E-state index in [1.165, 1.54) is 11.3 Å². The standard InChI is InChI=1S/C11H8BrClN2OS/c12-9-2-1-7(3-10(9)13)11(16)15-5-8-4-14-6-17-8/h1-4,6H,5H2,(H,15,16). The maximum atomic E-state index is 11.8. The van der Waals surface area contributed by atoms with Gasteiger partial charge in [0.1, 0.15) is 0 Å². The monoisotopic (exact) mass is 330 g/mol. The van der Waals surface area contributed by atoms with E-state index in [9.17, 15) is 4.79 Å². The average Bonchev–Trinajstić information content (AvgIpc) is 2.82. The molecule has 0 bridgehead atoms. The first kappa shape index (κ1) is 12.5. The van der Waals surface area contributed by atoms with E-state index in [1.54, 1.807) is 29.9 Å². The first-order valence-corrected chi connectivity index (χ1v) is 6.82. The van der Waals surface area contributed by atoms with E-state index in [-0.39, 0.29) is 5.91 Å². The van der Waals surface area contributed by atoms with E-state index in [2.05, 4.69) is 26.2 Å². The number of nitrogens with zero attached hydrogens (tertiary/aromatic N) is 1. The molecule has 2 aromatic rings. The lowest BCUT2D eigenvalue weighted by Crippen LogP contribution is -2.22. The maximum absolute atomic E-state index is 11.8. The molecule has 3 nitrogen and oxygen atoms in total. The van der Waals surface area contributed by atoms with E-state index in [1.807, 2.05) is 0 Å². The molecule has 0 unspecified atom stereocenters. The number of aromatic nitrogens is 1. The number of benzene rings is 1. The summed E-state index contributed by atoms with van der Waals surface area (Å²) < 4.78 is 0.776. The molecule has 1 aromatic heterocycles. The van der Waals surface area contributed by atoms with Crippen molar-refractivity contribution >= 4 is 44.8 Å². The van der Waals surface area contributed by atoms with Crippen molar-refractivity contribution in [3.05, 3.63) is 49.8 Å². The SMILES string of the molecule is O=C(NCc1cncs1)c1ccc(Br)c(Cl)c1. The molecular weight excluding hydrogens is 324 g/mol. The summed E-state index contributed by atoms with van der Waals surface area (Å²) in [6.45, 7) is 0.483. The van der Waals surface area contributed by atoms with Crippen molar-refractivity contribution in [2.24, 2.45) is 0 Å². The zero-order valence-corrected chi connectivity index (χ0v) is 11.8. The second kappa shape index (κ2) is 5.62. The van der Waals surface area contributed by atoms with Crippen LogP contribution in [0, 0.1) is 0 Å². The summed E-state index contributed by atoms with van der Waals surface area (Å²) in [7, 11) is 0. The molecule has 0 aliphatic carbocycles. The van der Waals surface area contributed by atoms with E-state index in [0.29, 0.717) is 17.1 Å². The fourth-order valence-corrected chi connectivity index (χ4v) is 2.20. The third kappa shape index (κ3) is 3.28. The van der Waals surface area contributed by atoms with E-state index in [4.69, 9.17) is 11.6 Å². The van der Waals surface area contributed by atoms with Gasteiger partial charge in [-0.2, -0.15) is 0 Å². The first-order chi connectivity index (χ1) is 8.16. The van der Waals surface area contributed by atoms with Crippen molar-refractivity contribution in [1.82, 2.24) is 10.3 Å². The summed E-state index contributed by atoms with van der Waals surface area (Å²) >= 11 is 10.7. The maximum Gasteiger partial charge on any atom is 0.251 e. The molecule has 0 spiro atoms. The van der Waals surface area contributed by atoms with E-state index >= 15 is 0 Å².